The number of hydrogen-bond donors (Lipinski definition) is 2. The summed E-state index contributed by atoms with van der Waals surface area (Å²) in [6, 6.07) is 11.8. The van der Waals surface area contributed by atoms with Crippen molar-refractivity contribution in [2.24, 2.45) is 0 Å². The number of rotatable bonds is 6. The Morgan fingerprint density at radius 1 is 1.10 bits per heavy atom. The number of carbonyl (C=O) groups excluding carboxylic acids is 1. The molecule has 106 valence electrons. The summed E-state index contributed by atoms with van der Waals surface area (Å²) in [5, 5.41) is 6.19. The third kappa shape index (κ3) is 3.61. The van der Waals surface area contributed by atoms with Gasteiger partial charge in [0.15, 0.2) is 0 Å². The molecule has 2 rings (SSSR count). The van der Waals surface area contributed by atoms with Gasteiger partial charge in [0.2, 0.25) is 0 Å². The zero-order chi connectivity index (χ0) is 14.4. The van der Waals surface area contributed by atoms with Crippen molar-refractivity contribution >= 4 is 22.9 Å². The van der Waals surface area contributed by atoms with Crippen LogP contribution in [-0.2, 0) is 13.0 Å². The monoisotopic (exact) mass is 288 g/mol. The predicted molar refractivity (Wildman–Crippen MR) is 85.5 cm³/mol. The number of benzene rings is 1. The molecule has 0 bridgehead atoms. The number of thiophene rings is 1. The first-order valence-corrected chi connectivity index (χ1v) is 7.75. The molecule has 20 heavy (non-hydrogen) atoms. The molecule has 0 aliphatic carbocycles. The van der Waals surface area contributed by atoms with Gasteiger partial charge in [0.1, 0.15) is 0 Å². The molecule has 0 unspecified atom stereocenters. The molecule has 1 heterocycles. The summed E-state index contributed by atoms with van der Waals surface area (Å²) < 4.78 is 0. The molecule has 0 saturated heterocycles. The number of anilines is 1. The van der Waals surface area contributed by atoms with Crippen LogP contribution >= 0.6 is 11.3 Å². The van der Waals surface area contributed by atoms with Crippen molar-refractivity contribution in [1.82, 2.24) is 5.32 Å². The standard InChI is InChI=1S/C16H20N2OS/c1-3-12-9-10-13(20-12)11-18-16(19)14-7-5-6-8-15(14)17-4-2/h5-10,17H,3-4,11H2,1-2H3,(H,18,19). The van der Waals surface area contributed by atoms with E-state index in [9.17, 15) is 4.79 Å². The van der Waals surface area contributed by atoms with E-state index in [4.69, 9.17) is 0 Å². The highest BCUT2D eigenvalue weighted by molar-refractivity contribution is 7.11. The summed E-state index contributed by atoms with van der Waals surface area (Å²) in [6.45, 7) is 5.55. The molecular weight excluding hydrogens is 268 g/mol. The minimum Gasteiger partial charge on any atom is -0.385 e. The molecule has 2 N–H and O–H groups in total. The van der Waals surface area contributed by atoms with Crippen LogP contribution in [0, 0.1) is 0 Å². The van der Waals surface area contributed by atoms with Crippen LogP contribution in [0.3, 0.4) is 0 Å². The van der Waals surface area contributed by atoms with Gasteiger partial charge in [-0.3, -0.25) is 4.79 Å². The Bertz CT molecular complexity index is 577. The molecule has 0 saturated carbocycles. The minimum absolute atomic E-state index is 0.0343. The Morgan fingerprint density at radius 3 is 2.55 bits per heavy atom. The third-order valence-corrected chi connectivity index (χ3v) is 4.26. The zero-order valence-electron chi connectivity index (χ0n) is 11.9. The van der Waals surface area contributed by atoms with Crippen LogP contribution in [0.4, 0.5) is 5.69 Å². The van der Waals surface area contributed by atoms with Crippen molar-refractivity contribution in [3.05, 3.63) is 51.7 Å². The molecule has 2 aromatic rings. The van der Waals surface area contributed by atoms with Crippen LogP contribution in [0.25, 0.3) is 0 Å². The van der Waals surface area contributed by atoms with E-state index in [0.717, 1.165) is 18.7 Å². The lowest BCUT2D eigenvalue weighted by molar-refractivity contribution is 0.0952. The van der Waals surface area contributed by atoms with Gasteiger partial charge >= 0.3 is 0 Å². The first-order chi connectivity index (χ1) is 9.74. The van der Waals surface area contributed by atoms with E-state index in [-0.39, 0.29) is 5.91 Å². The number of para-hydroxylation sites is 1. The Labute approximate surface area is 124 Å². The molecule has 0 aliphatic heterocycles. The number of nitrogens with one attached hydrogen (secondary N) is 2. The summed E-state index contributed by atoms with van der Waals surface area (Å²) in [4.78, 5) is 14.8. The Balaban J connectivity index is 2.01. The molecule has 0 aliphatic rings. The lowest BCUT2D eigenvalue weighted by Crippen LogP contribution is -2.23. The summed E-state index contributed by atoms with van der Waals surface area (Å²) >= 11 is 1.75. The van der Waals surface area contributed by atoms with E-state index in [1.807, 2.05) is 31.2 Å². The van der Waals surface area contributed by atoms with Crippen molar-refractivity contribution < 1.29 is 4.79 Å². The van der Waals surface area contributed by atoms with Gasteiger partial charge < -0.3 is 10.6 Å². The summed E-state index contributed by atoms with van der Waals surface area (Å²) in [7, 11) is 0. The predicted octanol–water partition coefficient (Wildman–Crippen LogP) is 3.67. The number of carbonyl (C=O) groups is 1. The summed E-state index contributed by atoms with van der Waals surface area (Å²) in [5.41, 5.74) is 1.58. The Kier molecular flexibility index (Phi) is 5.18. The van der Waals surface area contributed by atoms with Crippen LogP contribution < -0.4 is 10.6 Å². The second-order valence-electron chi connectivity index (χ2n) is 4.48. The van der Waals surface area contributed by atoms with Crippen LogP contribution in [0.5, 0.6) is 0 Å². The van der Waals surface area contributed by atoms with Crippen LogP contribution in [-0.4, -0.2) is 12.5 Å². The maximum atomic E-state index is 12.2. The third-order valence-electron chi connectivity index (χ3n) is 3.03. The molecule has 4 heteroatoms. The topological polar surface area (TPSA) is 41.1 Å². The molecule has 3 nitrogen and oxygen atoms in total. The van der Waals surface area contributed by atoms with Gasteiger partial charge in [0.05, 0.1) is 12.1 Å². The van der Waals surface area contributed by atoms with E-state index < -0.39 is 0 Å². The van der Waals surface area contributed by atoms with Crippen LogP contribution in [0.1, 0.15) is 34.0 Å². The molecule has 0 radical (unpaired) electrons. The largest absolute Gasteiger partial charge is 0.385 e. The van der Waals surface area contributed by atoms with Gasteiger partial charge in [-0.2, -0.15) is 0 Å². The van der Waals surface area contributed by atoms with Crippen molar-refractivity contribution in [3.63, 3.8) is 0 Å². The Morgan fingerprint density at radius 2 is 1.85 bits per heavy atom. The lowest BCUT2D eigenvalue weighted by atomic mass is 10.1. The highest BCUT2D eigenvalue weighted by Gasteiger charge is 2.10. The van der Waals surface area contributed by atoms with Gasteiger partial charge in [-0.1, -0.05) is 19.1 Å². The van der Waals surface area contributed by atoms with E-state index in [1.54, 1.807) is 11.3 Å². The second-order valence-corrected chi connectivity index (χ2v) is 5.73. The molecule has 0 atom stereocenters. The van der Waals surface area contributed by atoms with Gasteiger partial charge in [0, 0.05) is 22.0 Å². The zero-order valence-corrected chi connectivity index (χ0v) is 12.7. The van der Waals surface area contributed by atoms with Crippen LogP contribution in [0.2, 0.25) is 0 Å². The fourth-order valence-corrected chi connectivity index (χ4v) is 2.89. The fourth-order valence-electron chi connectivity index (χ4n) is 2.00. The first-order valence-electron chi connectivity index (χ1n) is 6.93. The van der Waals surface area contributed by atoms with Crippen molar-refractivity contribution in [1.29, 1.82) is 0 Å². The molecule has 1 aromatic carbocycles. The molecule has 0 fully saturated rings. The summed E-state index contributed by atoms with van der Waals surface area (Å²) in [6.07, 6.45) is 1.04. The first kappa shape index (κ1) is 14.6. The molecule has 1 aromatic heterocycles. The second kappa shape index (κ2) is 7.10. The lowest BCUT2D eigenvalue weighted by Gasteiger charge is -2.10. The molecule has 0 spiro atoms. The van der Waals surface area contributed by atoms with Crippen molar-refractivity contribution in [2.45, 2.75) is 26.8 Å². The average molecular weight is 288 g/mol. The molecular formula is C16H20N2OS. The fraction of sp³-hybridized carbons (Fsp3) is 0.312. The smallest absolute Gasteiger partial charge is 0.253 e. The Hall–Kier alpha value is -1.81. The highest BCUT2D eigenvalue weighted by atomic mass is 32.1. The maximum Gasteiger partial charge on any atom is 0.253 e. The molecule has 1 amide bonds. The SMILES string of the molecule is CCNc1ccccc1C(=O)NCc1ccc(CC)s1. The number of aryl methyl sites for hydroxylation is 1. The summed E-state index contributed by atoms with van der Waals surface area (Å²) in [5.74, 6) is -0.0343. The van der Waals surface area contributed by atoms with E-state index in [2.05, 4.69) is 29.7 Å². The normalized spacial score (nSPS) is 10.3. The number of amides is 1. The van der Waals surface area contributed by atoms with Crippen molar-refractivity contribution in [2.75, 3.05) is 11.9 Å². The average Bonchev–Trinajstić information content (AvgIpc) is 2.94. The van der Waals surface area contributed by atoms with E-state index in [1.165, 1.54) is 9.75 Å². The quantitative estimate of drug-likeness (QED) is 0.851. The maximum absolute atomic E-state index is 12.2. The number of hydrogen-bond acceptors (Lipinski definition) is 3. The van der Waals surface area contributed by atoms with Gasteiger partial charge in [-0.25, -0.2) is 0 Å². The minimum atomic E-state index is -0.0343. The highest BCUT2D eigenvalue weighted by Crippen LogP contribution is 2.18. The van der Waals surface area contributed by atoms with Gasteiger partial charge in [-0.05, 0) is 37.6 Å². The van der Waals surface area contributed by atoms with Gasteiger partial charge in [0.25, 0.3) is 5.91 Å². The van der Waals surface area contributed by atoms with Gasteiger partial charge in [-0.15, -0.1) is 11.3 Å². The van der Waals surface area contributed by atoms with E-state index in [0.29, 0.717) is 12.1 Å². The van der Waals surface area contributed by atoms with E-state index >= 15 is 0 Å². The van der Waals surface area contributed by atoms with Crippen LogP contribution in [0.15, 0.2) is 36.4 Å². The van der Waals surface area contributed by atoms with Crippen molar-refractivity contribution in [3.8, 4) is 0 Å².